The average Bonchev–Trinajstić information content (AvgIpc) is 3.45. The highest BCUT2D eigenvalue weighted by Crippen LogP contribution is 2.34. The molecule has 1 aromatic heterocycles. The molecule has 0 fully saturated rings. The molecule has 2 heterocycles. The monoisotopic (exact) mass is 403 g/mol. The van der Waals surface area contributed by atoms with E-state index in [1.807, 2.05) is 49.4 Å². The maximum Gasteiger partial charge on any atom is 0.313 e. The summed E-state index contributed by atoms with van der Waals surface area (Å²) in [5.41, 5.74) is 4.06. The molecule has 2 amide bonds. The molecule has 6 nitrogen and oxygen atoms in total. The minimum atomic E-state index is -0.670. The summed E-state index contributed by atoms with van der Waals surface area (Å²) in [5.74, 6) is -0.579. The molecule has 0 aliphatic carbocycles. The number of anilines is 2. The fourth-order valence-electron chi connectivity index (χ4n) is 3.93. The van der Waals surface area contributed by atoms with E-state index in [2.05, 4.69) is 27.7 Å². The lowest BCUT2D eigenvalue weighted by Gasteiger charge is -2.29. The van der Waals surface area contributed by atoms with E-state index < -0.39 is 11.8 Å². The molecule has 0 bridgehead atoms. The van der Waals surface area contributed by atoms with Crippen molar-refractivity contribution >= 4 is 23.2 Å². The summed E-state index contributed by atoms with van der Waals surface area (Å²) >= 11 is 0. The topological polar surface area (TPSA) is 74.6 Å². The Labute approximate surface area is 175 Å². The number of furan rings is 1. The van der Waals surface area contributed by atoms with Crippen LogP contribution in [0.3, 0.4) is 0 Å². The van der Waals surface area contributed by atoms with E-state index in [1.54, 1.807) is 12.3 Å². The van der Waals surface area contributed by atoms with Gasteiger partial charge in [0.25, 0.3) is 0 Å². The fraction of sp³-hybridized carbons (Fsp3) is 0.250. The van der Waals surface area contributed by atoms with Gasteiger partial charge in [-0.25, -0.2) is 0 Å². The third-order valence-electron chi connectivity index (χ3n) is 5.48. The van der Waals surface area contributed by atoms with Crippen LogP contribution in [0.25, 0.3) is 0 Å². The predicted molar refractivity (Wildman–Crippen MR) is 116 cm³/mol. The largest absolute Gasteiger partial charge is 0.467 e. The van der Waals surface area contributed by atoms with E-state index in [0.717, 1.165) is 36.4 Å². The maximum atomic E-state index is 12.5. The molecule has 30 heavy (non-hydrogen) atoms. The van der Waals surface area contributed by atoms with E-state index in [1.165, 1.54) is 5.56 Å². The summed E-state index contributed by atoms with van der Waals surface area (Å²) in [5, 5.41) is 5.50. The summed E-state index contributed by atoms with van der Waals surface area (Å²) in [6.45, 7) is 3.10. The lowest BCUT2D eigenvalue weighted by Crippen LogP contribution is -2.41. The van der Waals surface area contributed by atoms with E-state index in [4.69, 9.17) is 4.42 Å². The quantitative estimate of drug-likeness (QED) is 0.616. The number of para-hydroxylation sites is 2. The number of fused-ring (bicyclic) bond motifs is 1. The van der Waals surface area contributed by atoms with Crippen LogP contribution < -0.4 is 15.5 Å². The Morgan fingerprint density at radius 3 is 2.63 bits per heavy atom. The fourth-order valence-corrected chi connectivity index (χ4v) is 3.93. The highest BCUT2D eigenvalue weighted by Gasteiger charge is 2.29. The number of carbonyl (C=O) groups is 2. The minimum absolute atomic E-state index is 0.191. The average molecular weight is 403 g/mol. The first-order chi connectivity index (χ1) is 14.7. The molecular weight excluding hydrogens is 378 g/mol. The van der Waals surface area contributed by atoms with Crippen LogP contribution in [0.4, 0.5) is 11.4 Å². The van der Waals surface area contributed by atoms with Crippen molar-refractivity contribution in [3.63, 3.8) is 0 Å². The van der Waals surface area contributed by atoms with Crippen LogP contribution in [-0.2, 0) is 22.4 Å². The molecule has 1 unspecified atom stereocenters. The number of amides is 2. The smallest absolute Gasteiger partial charge is 0.313 e. The molecule has 4 rings (SSSR count). The van der Waals surface area contributed by atoms with Crippen LogP contribution >= 0.6 is 0 Å². The molecule has 0 spiro atoms. The molecule has 1 atom stereocenters. The normalized spacial score (nSPS) is 13.6. The first-order valence-corrected chi connectivity index (χ1v) is 10.2. The first kappa shape index (κ1) is 19.8. The van der Waals surface area contributed by atoms with Gasteiger partial charge >= 0.3 is 11.8 Å². The Kier molecular flexibility index (Phi) is 5.84. The molecule has 2 aromatic carbocycles. The molecule has 0 saturated heterocycles. The molecule has 0 radical (unpaired) electrons. The van der Waals surface area contributed by atoms with Crippen molar-refractivity contribution in [3.8, 4) is 0 Å². The molecule has 1 aliphatic rings. The summed E-state index contributed by atoms with van der Waals surface area (Å²) in [6, 6.07) is 19.3. The van der Waals surface area contributed by atoms with Crippen molar-refractivity contribution < 1.29 is 14.0 Å². The number of nitrogens with one attached hydrogen (secondary N) is 2. The van der Waals surface area contributed by atoms with Gasteiger partial charge < -0.3 is 20.0 Å². The minimum Gasteiger partial charge on any atom is -0.467 e. The predicted octanol–water partition coefficient (Wildman–Crippen LogP) is 3.70. The first-order valence-electron chi connectivity index (χ1n) is 10.2. The van der Waals surface area contributed by atoms with Gasteiger partial charge in [-0.2, -0.15) is 0 Å². The van der Waals surface area contributed by atoms with Crippen molar-refractivity contribution in [2.24, 2.45) is 0 Å². The van der Waals surface area contributed by atoms with Crippen LogP contribution in [-0.4, -0.2) is 24.9 Å². The SMILES string of the molecule is CCc1ccccc1NC(=O)C(=O)NCC(c1ccco1)N1CCc2ccccc21. The van der Waals surface area contributed by atoms with Crippen molar-refractivity contribution in [2.75, 3.05) is 23.3 Å². The third kappa shape index (κ3) is 4.08. The highest BCUT2D eigenvalue weighted by atomic mass is 16.3. The lowest BCUT2D eigenvalue weighted by atomic mass is 10.1. The Morgan fingerprint density at radius 1 is 1.03 bits per heavy atom. The zero-order chi connectivity index (χ0) is 20.9. The number of aryl methyl sites for hydroxylation is 1. The van der Waals surface area contributed by atoms with Crippen molar-refractivity contribution in [1.29, 1.82) is 0 Å². The number of carbonyl (C=O) groups excluding carboxylic acids is 2. The zero-order valence-electron chi connectivity index (χ0n) is 16.9. The van der Waals surface area contributed by atoms with Gasteiger partial charge in [0.05, 0.1) is 6.26 Å². The number of hydrogen-bond donors (Lipinski definition) is 2. The third-order valence-corrected chi connectivity index (χ3v) is 5.48. The van der Waals surface area contributed by atoms with Gasteiger partial charge in [0.15, 0.2) is 0 Å². The molecule has 154 valence electrons. The summed E-state index contributed by atoms with van der Waals surface area (Å²) < 4.78 is 5.65. The number of nitrogens with zero attached hydrogens (tertiary/aromatic N) is 1. The molecule has 0 saturated carbocycles. The van der Waals surface area contributed by atoms with Gasteiger partial charge in [-0.15, -0.1) is 0 Å². The highest BCUT2D eigenvalue weighted by molar-refractivity contribution is 6.39. The summed E-state index contributed by atoms with van der Waals surface area (Å²) in [4.78, 5) is 27.2. The van der Waals surface area contributed by atoms with Gasteiger partial charge in [-0.05, 0) is 48.2 Å². The Hall–Kier alpha value is -3.54. The molecule has 2 N–H and O–H groups in total. The second-order valence-electron chi connectivity index (χ2n) is 7.28. The zero-order valence-corrected chi connectivity index (χ0v) is 16.9. The summed E-state index contributed by atoms with van der Waals surface area (Å²) in [7, 11) is 0. The van der Waals surface area contributed by atoms with E-state index in [0.29, 0.717) is 5.69 Å². The van der Waals surface area contributed by atoms with Crippen molar-refractivity contribution in [1.82, 2.24) is 5.32 Å². The van der Waals surface area contributed by atoms with Crippen LogP contribution in [0.5, 0.6) is 0 Å². The van der Waals surface area contributed by atoms with Gasteiger partial charge in [0.1, 0.15) is 11.8 Å². The number of hydrogen-bond acceptors (Lipinski definition) is 4. The second kappa shape index (κ2) is 8.86. The van der Waals surface area contributed by atoms with E-state index in [-0.39, 0.29) is 12.6 Å². The Morgan fingerprint density at radius 2 is 1.83 bits per heavy atom. The Bertz CT molecular complexity index is 1030. The van der Waals surface area contributed by atoms with Gasteiger partial charge in [0.2, 0.25) is 0 Å². The van der Waals surface area contributed by atoms with Crippen molar-refractivity contribution in [2.45, 2.75) is 25.8 Å². The molecule has 1 aliphatic heterocycles. The van der Waals surface area contributed by atoms with E-state index in [9.17, 15) is 9.59 Å². The second-order valence-corrected chi connectivity index (χ2v) is 7.28. The van der Waals surface area contributed by atoms with Gasteiger partial charge in [-0.1, -0.05) is 43.3 Å². The van der Waals surface area contributed by atoms with Crippen LogP contribution in [0.2, 0.25) is 0 Å². The van der Waals surface area contributed by atoms with Crippen LogP contribution in [0.15, 0.2) is 71.3 Å². The molecule has 3 aromatic rings. The molecule has 6 heteroatoms. The van der Waals surface area contributed by atoms with Gasteiger partial charge in [0, 0.05) is 24.5 Å². The molecular formula is C24H25N3O3. The number of rotatable bonds is 6. The summed E-state index contributed by atoms with van der Waals surface area (Å²) in [6.07, 6.45) is 3.34. The van der Waals surface area contributed by atoms with E-state index >= 15 is 0 Å². The maximum absolute atomic E-state index is 12.5. The number of benzene rings is 2. The van der Waals surface area contributed by atoms with Gasteiger partial charge in [-0.3, -0.25) is 9.59 Å². The van der Waals surface area contributed by atoms with Crippen LogP contribution in [0, 0.1) is 0 Å². The van der Waals surface area contributed by atoms with Crippen molar-refractivity contribution in [3.05, 3.63) is 83.8 Å². The van der Waals surface area contributed by atoms with Crippen LogP contribution in [0.1, 0.15) is 29.9 Å². The standard InChI is InChI=1S/C24H25N3O3/c1-2-17-8-3-5-10-19(17)26-24(29)23(28)25-16-21(22-12-7-15-30-22)27-14-13-18-9-4-6-11-20(18)27/h3-12,15,21H,2,13-14,16H2,1H3,(H,25,28)(H,26,29). The lowest BCUT2D eigenvalue weighted by molar-refractivity contribution is -0.136. The Balaban J connectivity index is 1.45.